The predicted molar refractivity (Wildman–Crippen MR) is 58.6 cm³/mol. The Morgan fingerprint density at radius 3 is 2.60 bits per heavy atom. The van der Waals surface area contributed by atoms with E-state index in [-0.39, 0.29) is 6.10 Å². The number of hydrogen-bond donors (Lipinski definition) is 1. The van der Waals surface area contributed by atoms with Crippen LogP contribution in [0.25, 0.3) is 0 Å². The van der Waals surface area contributed by atoms with E-state index in [4.69, 9.17) is 9.52 Å². The van der Waals surface area contributed by atoms with Gasteiger partial charge >= 0.3 is 0 Å². The van der Waals surface area contributed by atoms with Crippen LogP contribution in [0.5, 0.6) is 0 Å². The summed E-state index contributed by atoms with van der Waals surface area (Å²) in [5.74, 6) is 1.63. The van der Waals surface area contributed by atoms with Crippen molar-refractivity contribution in [2.24, 2.45) is 0 Å². The molecule has 1 aromatic heterocycles. The number of nitrogens with zero attached hydrogens (tertiary/aromatic N) is 2. The zero-order valence-corrected chi connectivity index (χ0v) is 9.95. The molecule has 0 aliphatic carbocycles. The van der Waals surface area contributed by atoms with E-state index in [2.05, 4.69) is 9.88 Å². The van der Waals surface area contributed by atoms with Crippen molar-refractivity contribution in [2.45, 2.75) is 39.8 Å². The van der Waals surface area contributed by atoms with Crippen LogP contribution in [0, 0.1) is 13.8 Å². The molecule has 86 valence electrons. The van der Waals surface area contributed by atoms with Gasteiger partial charge in [0.2, 0.25) is 5.89 Å². The summed E-state index contributed by atoms with van der Waals surface area (Å²) in [6.07, 6.45) is 0.523. The topological polar surface area (TPSA) is 49.5 Å². The second-order valence-corrected chi connectivity index (χ2v) is 4.12. The third kappa shape index (κ3) is 4.01. The first-order valence-electron chi connectivity index (χ1n) is 5.28. The molecular formula is C11H20N2O2. The molecule has 0 bridgehead atoms. The summed E-state index contributed by atoms with van der Waals surface area (Å²) in [4.78, 5) is 6.40. The molecule has 1 aromatic rings. The Kier molecular flexibility index (Phi) is 4.29. The Hall–Kier alpha value is -0.870. The van der Waals surface area contributed by atoms with Crippen molar-refractivity contribution in [1.82, 2.24) is 9.88 Å². The van der Waals surface area contributed by atoms with Gasteiger partial charge in [-0.05, 0) is 34.2 Å². The van der Waals surface area contributed by atoms with Crippen LogP contribution in [-0.2, 0) is 6.54 Å². The largest absolute Gasteiger partial charge is 0.444 e. The highest BCUT2D eigenvalue weighted by atomic mass is 16.4. The lowest BCUT2D eigenvalue weighted by Gasteiger charge is -2.15. The molecule has 15 heavy (non-hydrogen) atoms. The van der Waals surface area contributed by atoms with Crippen LogP contribution in [0.4, 0.5) is 0 Å². The summed E-state index contributed by atoms with van der Waals surface area (Å²) in [7, 11) is 2.00. The quantitative estimate of drug-likeness (QED) is 0.803. The Bertz CT molecular complexity index is 288. The number of oxazole rings is 1. The third-order valence-electron chi connectivity index (χ3n) is 2.41. The van der Waals surface area contributed by atoms with E-state index in [1.807, 2.05) is 20.9 Å². The first-order chi connectivity index (χ1) is 6.99. The predicted octanol–water partition coefficient (Wildman–Crippen LogP) is 1.49. The molecule has 0 saturated heterocycles. The highest BCUT2D eigenvalue weighted by Gasteiger charge is 2.08. The number of rotatable bonds is 5. The van der Waals surface area contributed by atoms with E-state index in [1.165, 1.54) is 0 Å². The SMILES string of the molecule is Cc1nc(CN(C)CCC(C)O)oc1C. The maximum absolute atomic E-state index is 9.15. The van der Waals surface area contributed by atoms with E-state index in [0.29, 0.717) is 6.54 Å². The molecule has 0 aliphatic heterocycles. The fourth-order valence-electron chi connectivity index (χ4n) is 1.32. The summed E-state index contributed by atoms with van der Waals surface area (Å²) < 4.78 is 5.48. The van der Waals surface area contributed by atoms with Crippen molar-refractivity contribution in [1.29, 1.82) is 0 Å². The standard InChI is InChI=1S/C11H20N2O2/c1-8(14)5-6-13(4)7-11-12-9(2)10(3)15-11/h8,14H,5-7H2,1-4H3. The van der Waals surface area contributed by atoms with Gasteiger partial charge in [-0.15, -0.1) is 0 Å². The normalized spacial score (nSPS) is 13.5. The van der Waals surface area contributed by atoms with Gasteiger partial charge in [0.25, 0.3) is 0 Å². The summed E-state index contributed by atoms with van der Waals surface area (Å²) >= 11 is 0. The molecule has 1 N–H and O–H groups in total. The first kappa shape index (κ1) is 12.2. The lowest BCUT2D eigenvalue weighted by Crippen LogP contribution is -2.22. The zero-order valence-electron chi connectivity index (χ0n) is 9.95. The number of aliphatic hydroxyl groups is 1. The maximum atomic E-state index is 9.15. The average molecular weight is 212 g/mol. The molecule has 1 heterocycles. The molecule has 1 rings (SSSR count). The molecule has 0 saturated carbocycles. The molecule has 0 amide bonds. The van der Waals surface area contributed by atoms with E-state index >= 15 is 0 Å². The van der Waals surface area contributed by atoms with Crippen molar-refractivity contribution < 1.29 is 9.52 Å². The van der Waals surface area contributed by atoms with Gasteiger partial charge in [0.1, 0.15) is 5.76 Å². The Balaban J connectivity index is 2.40. The van der Waals surface area contributed by atoms with Crippen LogP contribution in [0.3, 0.4) is 0 Å². The van der Waals surface area contributed by atoms with Gasteiger partial charge in [-0.3, -0.25) is 4.90 Å². The zero-order chi connectivity index (χ0) is 11.4. The number of aryl methyl sites for hydroxylation is 2. The summed E-state index contributed by atoms with van der Waals surface area (Å²) in [6.45, 7) is 7.20. The van der Waals surface area contributed by atoms with Crippen LogP contribution >= 0.6 is 0 Å². The smallest absolute Gasteiger partial charge is 0.208 e. The third-order valence-corrected chi connectivity index (χ3v) is 2.41. The van der Waals surface area contributed by atoms with Gasteiger partial charge in [-0.1, -0.05) is 0 Å². The summed E-state index contributed by atoms with van der Waals surface area (Å²) in [6, 6.07) is 0. The Morgan fingerprint density at radius 2 is 2.13 bits per heavy atom. The van der Waals surface area contributed by atoms with E-state index in [9.17, 15) is 0 Å². The average Bonchev–Trinajstić information content (AvgIpc) is 2.42. The first-order valence-corrected chi connectivity index (χ1v) is 5.28. The minimum absolute atomic E-state index is 0.250. The van der Waals surface area contributed by atoms with Crippen molar-refractivity contribution >= 4 is 0 Å². The second kappa shape index (κ2) is 5.28. The molecule has 0 radical (unpaired) electrons. The van der Waals surface area contributed by atoms with Crippen LogP contribution in [0.15, 0.2) is 4.42 Å². The van der Waals surface area contributed by atoms with Gasteiger partial charge in [0, 0.05) is 6.54 Å². The van der Waals surface area contributed by atoms with Gasteiger partial charge in [-0.2, -0.15) is 0 Å². The van der Waals surface area contributed by atoms with Crippen molar-refractivity contribution in [3.63, 3.8) is 0 Å². The van der Waals surface area contributed by atoms with Gasteiger partial charge in [-0.25, -0.2) is 4.98 Å². The summed E-state index contributed by atoms with van der Waals surface area (Å²) in [5, 5.41) is 9.15. The fraction of sp³-hybridized carbons (Fsp3) is 0.727. The van der Waals surface area contributed by atoms with Gasteiger partial charge in [0.15, 0.2) is 0 Å². The molecule has 0 aliphatic rings. The van der Waals surface area contributed by atoms with Crippen LogP contribution in [-0.4, -0.2) is 34.7 Å². The minimum atomic E-state index is -0.250. The number of aliphatic hydroxyl groups excluding tert-OH is 1. The number of hydrogen-bond acceptors (Lipinski definition) is 4. The van der Waals surface area contributed by atoms with E-state index in [0.717, 1.165) is 30.3 Å². The molecule has 4 nitrogen and oxygen atoms in total. The van der Waals surface area contributed by atoms with Gasteiger partial charge < -0.3 is 9.52 Å². The van der Waals surface area contributed by atoms with Gasteiger partial charge in [0.05, 0.1) is 18.3 Å². The molecule has 0 spiro atoms. The number of aromatic nitrogens is 1. The molecule has 0 aromatic carbocycles. The molecule has 0 fully saturated rings. The molecule has 4 heteroatoms. The van der Waals surface area contributed by atoms with Crippen LogP contribution < -0.4 is 0 Å². The highest BCUT2D eigenvalue weighted by Crippen LogP contribution is 2.10. The van der Waals surface area contributed by atoms with Crippen LogP contribution in [0.1, 0.15) is 30.7 Å². The maximum Gasteiger partial charge on any atom is 0.208 e. The summed E-state index contributed by atoms with van der Waals surface area (Å²) in [5.41, 5.74) is 0.953. The van der Waals surface area contributed by atoms with Crippen LogP contribution in [0.2, 0.25) is 0 Å². The highest BCUT2D eigenvalue weighted by molar-refractivity contribution is 5.05. The van der Waals surface area contributed by atoms with Crippen molar-refractivity contribution in [2.75, 3.05) is 13.6 Å². The van der Waals surface area contributed by atoms with E-state index in [1.54, 1.807) is 6.92 Å². The lowest BCUT2D eigenvalue weighted by atomic mass is 10.3. The molecule has 1 atom stereocenters. The minimum Gasteiger partial charge on any atom is -0.444 e. The Labute approximate surface area is 90.9 Å². The fourth-order valence-corrected chi connectivity index (χ4v) is 1.32. The molecule has 1 unspecified atom stereocenters. The van der Waals surface area contributed by atoms with E-state index < -0.39 is 0 Å². The molecular weight excluding hydrogens is 192 g/mol. The monoisotopic (exact) mass is 212 g/mol. The van der Waals surface area contributed by atoms with Crippen molar-refractivity contribution in [3.05, 3.63) is 17.3 Å². The van der Waals surface area contributed by atoms with Crippen molar-refractivity contribution in [3.8, 4) is 0 Å². The Morgan fingerprint density at radius 1 is 1.47 bits per heavy atom. The second-order valence-electron chi connectivity index (χ2n) is 4.12. The lowest BCUT2D eigenvalue weighted by molar-refractivity contribution is 0.159.